The second-order valence-corrected chi connectivity index (χ2v) is 9.83. The number of methoxy groups -OCH3 is 2. The number of amides is 3. The summed E-state index contributed by atoms with van der Waals surface area (Å²) in [6, 6.07) is 1.42. The van der Waals surface area contributed by atoms with Gasteiger partial charge in [0.1, 0.15) is 23.6 Å². The van der Waals surface area contributed by atoms with E-state index in [-0.39, 0.29) is 31.5 Å². The lowest BCUT2D eigenvalue weighted by molar-refractivity contribution is -0.139. The third kappa shape index (κ3) is 12.4. The van der Waals surface area contributed by atoms with Crippen molar-refractivity contribution < 1.29 is 48.5 Å². The molecule has 0 heterocycles. The third-order valence-electron chi connectivity index (χ3n) is 5.80. The van der Waals surface area contributed by atoms with Crippen molar-refractivity contribution in [3.63, 3.8) is 0 Å². The Morgan fingerprint density at radius 2 is 1.38 bits per heavy atom. The van der Waals surface area contributed by atoms with E-state index in [0.29, 0.717) is 22.8 Å². The Morgan fingerprint density at radius 1 is 0.825 bits per heavy atom. The van der Waals surface area contributed by atoms with Crippen LogP contribution >= 0.6 is 11.8 Å². The largest absolute Gasteiger partial charge is 0.497 e. The average Bonchev–Trinajstić information content (AvgIpc) is 2.90. The molecule has 3 atom stereocenters. The molecule has 13 nitrogen and oxygen atoms in total. The first-order valence-corrected chi connectivity index (χ1v) is 13.8. The molecule has 0 aromatic heterocycles. The number of thioether (sulfide) groups is 1. The Morgan fingerprint density at radius 3 is 1.85 bits per heavy atom. The number of hydrogen-bond donors (Lipinski definition) is 5. The van der Waals surface area contributed by atoms with E-state index in [4.69, 9.17) is 19.7 Å². The molecule has 40 heavy (non-hydrogen) atoms. The van der Waals surface area contributed by atoms with E-state index < -0.39 is 60.6 Å². The van der Waals surface area contributed by atoms with Crippen LogP contribution in [0.1, 0.15) is 44.6 Å². The quantitative estimate of drug-likeness (QED) is 0.154. The Kier molecular flexibility index (Phi) is 15.2. The minimum atomic E-state index is -1.36. The second-order valence-electron chi connectivity index (χ2n) is 8.84. The van der Waals surface area contributed by atoms with Crippen molar-refractivity contribution in [2.75, 3.05) is 26.2 Å². The van der Waals surface area contributed by atoms with Gasteiger partial charge in [-0.15, -0.1) is 0 Å². The van der Waals surface area contributed by atoms with Gasteiger partial charge in [-0.25, -0.2) is 0 Å². The molecule has 0 radical (unpaired) electrons. The number of carbonyl (C=O) groups is 6. The van der Waals surface area contributed by atoms with Crippen molar-refractivity contribution in [1.82, 2.24) is 16.0 Å². The molecule has 1 aromatic carbocycles. The van der Waals surface area contributed by atoms with Crippen LogP contribution in [0.25, 0.3) is 0 Å². The van der Waals surface area contributed by atoms with E-state index >= 15 is 0 Å². The van der Waals surface area contributed by atoms with E-state index in [2.05, 4.69) is 16.0 Å². The number of rotatable bonds is 19. The normalized spacial score (nSPS) is 12.8. The molecule has 0 aliphatic heterocycles. The highest BCUT2D eigenvalue weighted by Crippen LogP contribution is 2.25. The van der Waals surface area contributed by atoms with Gasteiger partial charge < -0.3 is 35.6 Å². The van der Waals surface area contributed by atoms with E-state index in [9.17, 15) is 28.8 Å². The number of ketones is 1. The zero-order valence-electron chi connectivity index (χ0n) is 23.0. The molecular weight excluding hydrogens is 546 g/mol. The van der Waals surface area contributed by atoms with Crippen molar-refractivity contribution in [3.8, 4) is 11.5 Å². The zero-order valence-corrected chi connectivity index (χ0v) is 23.8. The molecule has 14 heteroatoms. The molecule has 1 aromatic rings. The van der Waals surface area contributed by atoms with E-state index in [1.165, 1.54) is 26.0 Å². The van der Waals surface area contributed by atoms with Gasteiger partial charge in [0.2, 0.25) is 17.7 Å². The van der Waals surface area contributed by atoms with E-state index in [1.54, 1.807) is 18.2 Å². The molecule has 0 spiro atoms. The second kappa shape index (κ2) is 17.7. The number of carboxylic acids is 2. The minimum Gasteiger partial charge on any atom is -0.497 e. The highest BCUT2D eigenvalue weighted by Gasteiger charge is 2.30. The molecule has 0 fully saturated rings. The summed E-state index contributed by atoms with van der Waals surface area (Å²) in [5.41, 5.74) is 0.573. The maximum Gasteiger partial charge on any atom is 0.303 e. The number of aliphatic carboxylic acids is 2. The topological polar surface area (TPSA) is 197 Å². The summed E-state index contributed by atoms with van der Waals surface area (Å²) in [5.74, 6) is -3.45. The van der Waals surface area contributed by atoms with Crippen LogP contribution in [0.15, 0.2) is 18.2 Å². The number of ether oxygens (including phenoxy) is 2. The van der Waals surface area contributed by atoms with Crippen LogP contribution in [0.4, 0.5) is 0 Å². The highest BCUT2D eigenvalue weighted by molar-refractivity contribution is 7.98. The Bertz CT molecular complexity index is 1070. The Labute approximate surface area is 236 Å². The minimum absolute atomic E-state index is 0.0710. The monoisotopic (exact) mass is 583 g/mol. The van der Waals surface area contributed by atoms with Crippen molar-refractivity contribution >= 4 is 47.2 Å². The fraction of sp³-hybridized carbons (Fsp3) is 0.538. The number of nitrogens with one attached hydrogen (secondary N) is 3. The number of carboxylic acid groups (broad SMARTS) is 2. The molecule has 3 amide bonds. The summed E-state index contributed by atoms with van der Waals surface area (Å²) in [4.78, 5) is 73.1. The molecule has 0 saturated heterocycles. The van der Waals surface area contributed by atoms with Gasteiger partial charge in [0.25, 0.3) is 0 Å². The predicted molar refractivity (Wildman–Crippen MR) is 146 cm³/mol. The first-order valence-electron chi connectivity index (χ1n) is 12.5. The van der Waals surface area contributed by atoms with Gasteiger partial charge >= 0.3 is 11.9 Å². The summed E-state index contributed by atoms with van der Waals surface area (Å²) >= 11 is 1.46. The summed E-state index contributed by atoms with van der Waals surface area (Å²) in [5, 5.41) is 25.5. The van der Waals surface area contributed by atoms with Crippen molar-refractivity contribution in [2.24, 2.45) is 0 Å². The van der Waals surface area contributed by atoms with Gasteiger partial charge in [0, 0.05) is 37.8 Å². The fourth-order valence-electron chi connectivity index (χ4n) is 3.72. The van der Waals surface area contributed by atoms with Gasteiger partial charge in [0.15, 0.2) is 5.78 Å². The van der Waals surface area contributed by atoms with Crippen LogP contribution in [-0.4, -0.2) is 90.0 Å². The molecule has 0 saturated carbocycles. The SMILES string of the molecule is COc1ccc(CC(=O)[C@H](CCSC)NC(=O)[C@H](CCC(=O)O)NC(=O)[C@H](CCC(=O)O)NC(C)=O)c(OC)c1. The highest BCUT2D eigenvalue weighted by atomic mass is 32.2. The lowest BCUT2D eigenvalue weighted by Gasteiger charge is -2.25. The lowest BCUT2D eigenvalue weighted by Crippen LogP contribution is -2.56. The zero-order chi connectivity index (χ0) is 30.2. The van der Waals surface area contributed by atoms with Crippen LogP contribution in [-0.2, 0) is 35.2 Å². The van der Waals surface area contributed by atoms with Crippen molar-refractivity contribution in [3.05, 3.63) is 23.8 Å². The van der Waals surface area contributed by atoms with Crippen LogP contribution in [0.3, 0.4) is 0 Å². The van der Waals surface area contributed by atoms with Crippen LogP contribution < -0.4 is 25.4 Å². The summed E-state index contributed by atoms with van der Waals surface area (Å²) in [7, 11) is 2.95. The van der Waals surface area contributed by atoms with Gasteiger partial charge in [-0.3, -0.25) is 28.8 Å². The van der Waals surface area contributed by atoms with Crippen LogP contribution in [0.2, 0.25) is 0 Å². The molecule has 1 rings (SSSR count). The van der Waals surface area contributed by atoms with Gasteiger partial charge in [-0.2, -0.15) is 11.8 Å². The molecular formula is C26H37N3O10S. The third-order valence-corrected chi connectivity index (χ3v) is 6.44. The van der Waals surface area contributed by atoms with E-state index in [1.807, 2.05) is 6.26 Å². The molecule has 5 N–H and O–H groups in total. The molecule has 0 unspecified atom stereocenters. The first kappa shape index (κ1) is 34.2. The van der Waals surface area contributed by atoms with Gasteiger partial charge in [-0.05, 0) is 37.3 Å². The summed E-state index contributed by atoms with van der Waals surface area (Å²) < 4.78 is 10.5. The summed E-state index contributed by atoms with van der Waals surface area (Å²) in [6.07, 6.45) is 0.608. The van der Waals surface area contributed by atoms with Crippen LogP contribution in [0.5, 0.6) is 11.5 Å². The van der Waals surface area contributed by atoms with Crippen molar-refractivity contribution in [2.45, 2.75) is 63.6 Å². The summed E-state index contributed by atoms with van der Waals surface area (Å²) in [6.45, 7) is 1.15. The number of carbonyl (C=O) groups excluding carboxylic acids is 4. The smallest absolute Gasteiger partial charge is 0.303 e. The van der Waals surface area contributed by atoms with Gasteiger partial charge in [-0.1, -0.05) is 6.07 Å². The molecule has 0 aliphatic carbocycles. The maximum absolute atomic E-state index is 13.3. The van der Waals surface area contributed by atoms with Crippen LogP contribution in [0, 0.1) is 0 Å². The number of hydrogen-bond acceptors (Lipinski definition) is 9. The Balaban J connectivity index is 3.13. The standard InChI is InChI=1S/C26H37N3O10S/c1-15(30)27-19(7-9-23(32)33)25(36)29-20(8-10-24(34)35)26(37)28-18(11-12-40-4)21(31)13-16-5-6-17(38-2)14-22(16)39-3/h5-6,14,18-20H,7-13H2,1-4H3,(H,27,30)(H,28,37)(H,29,36)(H,32,33)(H,34,35)/t18-,19-,20-/m0/s1. The van der Waals surface area contributed by atoms with Crippen molar-refractivity contribution in [1.29, 1.82) is 0 Å². The first-order chi connectivity index (χ1) is 18.9. The fourth-order valence-corrected chi connectivity index (χ4v) is 4.19. The maximum atomic E-state index is 13.3. The Hall–Kier alpha value is -3.81. The molecule has 0 aliphatic rings. The molecule has 0 bridgehead atoms. The number of Topliss-reactive ketones (excluding diaryl/α,β-unsaturated/α-hetero) is 1. The predicted octanol–water partition coefficient (Wildman–Crippen LogP) is 0.772. The lowest BCUT2D eigenvalue weighted by atomic mass is 10.00. The van der Waals surface area contributed by atoms with E-state index in [0.717, 1.165) is 6.92 Å². The average molecular weight is 584 g/mol. The van der Waals surface area contributed by atoms with Gasteiger partial charge in [0.05, 0.1) is 20.3 Å². The molecule has 222 valence electrons. The number of benzene rings is 1.